The Morgan fingerprint density at radius 1 is 1.33 bits per heavy atom. The molecule has 0 aromatic rings. The Hall–Kier alpha value is -1.83. The van der Waals surface area contributed by atoms with E-state index in [0.717, 1.165) is 0 Å². The summed E-state index contributed by atoms with van der Waals surface area (Å²) < 4.78 is 5.09. The Morgan fingerprint density at radius 2 is 1.89 bits per heavy atom. The average Bonchev–Trinajstić information content (AvgIpc) is 2.14. The van der Waals surface area contributed by atoms with Crippen LogP contribution in [0.25, 0.3) is 4.85 Å². The first-order valence-electron chi connectivity index (χ1n) is 5.64. The van der Waals surface area contributed by atoms with Gasteiger partial charge < -0.3 is 14.9 Å². The zero-order chi connectivity index (χ0) is 14.4. The van der Waals surface area contributed by atoms with E-state index >= 15 is 0 Å². The van der Waals surface area contributed by atoms with Gasteiger partial charge in [-0.05, 0) is 46.8 Å². The largest absolute Gasteiger partial charge is 0.444 e. The van der Waals surface area contributed by atoms with Gasteiger partial charge in [0.25, 0.3) is 0 Å². The van der Waals surface area contributed by atoms with Gasteiger partial charge in [-0.2, -0.15) is 0 Å². The summed E-state index contributed by atoms with van der Waals surface area (Å²) in [5.74, 6) is -0.227. The Kier molecular flexibility index (Phi) is 5.57. The first kappa shape index (κ1) is 16.2. The molecule has 100 valence electrons. The molecule has 1 N–H and O–H groups in total. The molecule has 0 aliphatic carbocycles. The van der Waals surface area contributed by atoms with Crippen LogP contribution in [0.15, 0.2) is 12.2 Å². The predicted molar refractivity (Wildman–Crippen MR) is 69.1 cm³/mol. The van der Waals surface area contributed by atoms with Crippen LogP contribution in [-0.2, 0) is 9.53 Å². The van der Waals surface area contributed by atoms with E-state index in [4.69, 9.17) is 11.3 Å². The normalized spacial score (nSPS) is 14.7. The Balaban J connectivity index is 4.78. The summed E-state index contributed by atoms with van der Waals surface area (Å²) in [6, 6.07) is 0. The van der Waals surface area contributed by atoms with Crippen LogP contribution < -0.4 is 5.32 Å². The van der Waals surface area contributed by atoms with Crippen LogP contribution in [0.5, 0.6) is 0 Å². The lowest BCUT2D eigenvalue weighted by Gasteiger charge is -2.27. The summed E-state index contributed by atoms with van der Waals surface area (Å²) in [6.45, 7) is 15.0. The highest BCUT2D eigenvalue weighted by Crippen LogP contribution is 2.12. The minimum absolute atomic E-state index is 0.166. The van der Waals surface area contributed by atoms with Gasteiger partial charge in [-0.3, -0.25) is 4.79 Å². The number of ether oxygens (including phenoxy) is 1. The van der Waals surface area contributed by atoms with Crippen molar-refractivity contribution in [1.29, 1.82) is 0 Å². The van der Waals surface area contributed by atoms with Crippen molar-refractivity contribution in [3.63, 3.8) is 0 Å². The molecule has 0 aliphatic heterocycles. The highest BCUT2D eigenvalue weighted by atomic mass is 16.6. The number of carbonyl (C=O) groups excluding carboxylic acids is 2. The van der Waals surface area contributed by atoms with E-state index in [1.807, 2.05) is 0 Å². The molecule has 0 radical (unpaired) electrons. The molecule has 0 aliphatic rings. The van der Waals surface area contributed by atoms with E-state index in [1.54, 1.807) is 33.8 Å². The number of carbonyl (C=O) groups is 2. The first-order chi connectivity index (χ1) is 8.10. The van der Waals surface area contributed by atoms with Crippen molar-refractivity contribution in [1.82, 2.24) is 5.32 Å². The molecule has 5 nitrogen and oxygen atoms in total. The number of hydrogen-bond acceptors (Lipinski definition) is 3. The Labute approximate surface area is 108 Å². The number of hydrogen-bond donors (Lipinski definition) is 1. The van der Waals surface area contributed by atoms with E-state index < -0.39 is 17.2 Å². The van der Waals surface area contributed by atoms with Gasteiger partial charge in [-0.1, -0.05) is 0 Å². The molecule has 0 aromatic heterocycles. The monoisotopic (exact) mass is 252 g/mol. The molecule has 0 unspecified atom stereocenters. The fraction of sp³-hybridized carbons (Fsp3) is 0.615. The zero-order valence-electron chi connectivity index (χ0n) is 11.5. The summed E-state index contributed by atoms with van der Waals surface area (Å²) in [5.41, 5.74) is -1.77. The summed E-state index contributed by atoms with van der Waals surface area (Å²) in [5, 5.41) is 2.51. The van der Waals surface area contributed by atoms with Crippen LogP contribution in [0.1, 0.15) is 34.6 Å². The smallest absolute Gasteiger partial charge is 0.408 e. The van der Waals surface area contributed by atoms with E-state index in [9.17, 15) is 9.59 Å². The molecule has 0 saturated heterocycles. The third-order valence-electron chi connectivity index (χ3n) is 2.14. The number of nitrogens with one attached hydrogen (secondary N) is 1. The second-order valence-corrected chi connectivity index (χ2v) is 5.13. The zero-order valence-corrected chi connectivity index (χ0v) is 11.5. The number of rotatable bonds is 4. The van der Waals surface area contributed by atoms with Crippen LogP contribution in [0.3, 0.4) is 0 Å². The van der Waals surface area contributed by atoms with Crippen LogP contribution in [0.2, 0.25) is 0 Å². The van der Waals surface area contributed by atoms with Crippen molar-refractivity contribution >= 4 is 11.9 Å². The SMILES string of the molecule is [C-]#[N+]C/C=C\[C@](C)(NC(=O)OC(C)(C)C)C(C)=O. The maximum atomic E-state index is 11.6. The Morgan fingerprint density at radius 3 is 2.28 bits per heavy atom. The lowest BCUT2D eigenvalue weighted by Crippen LogP contribution is -2.51. The van der Waals surface area contributed by atoms with Gasteiger partial charge in [0.2, 0.25) is 6.54 Å². The van der Waals surface area contributed by atoms with Gasteiger partial charge in [0, 0.05) is 0 Å². The van der Waals surface area contributed by atoms with E-state index in [0.29, 0.717) is 0 Å². The van der Waals surface area contributed by atoms with Crippen LogP contribution in [0.4, 0.5) is 4.79 Å². The molecule has 0 saturated carbocycles. The number of amides is 1. The maximum absolute atomic E-state index is 11.6. The molecule has 0 bridgehead atoms. The Bertz CT molecular complexity index is 388. The molecule has 5 heteroatoms. The van der Waals surface area contributed by atoms with Crippen LogP contribution in [0, 0.1) is 6.57 Å². The molecule has 0 aromatic carbocycles. The molecule has 0 fully saturated rings. The summed E-state index contributed by atoms with van der Waals surface area (Å²) in [6.07, 6.45) is 2.40. The third-order valence-corrected chi connectivity index (χ3v) is 2.14. The van der Waals surface area contributed by atoms with E-state index in [2.05, 4.69) is 10.2 Å². The molecule has 1 amide bonds. The van der Waals surface area contributed by atoms with E-state index in [-0.39, 0.29) is 12.3 Å². The average molecular weight is 252 g/mol. The highest BCUT2D eigenvalue weighted by Gasteiger charge is 2.30. The number of nitrogens with zero attached hydrogens (tertiary/aromatic N) is 1. The molecule has 1 atom stereocenters. The summed E-state index contributed by atoms with van der Waals surface area (Å²) in [4.78, 5) is 26.3. The van der Waals surface area contributed by atoms with Crippen molar-refractivity contribution in [3.05, 3.63) is 23.6 Å². The first-order valence-corrected chi connectivity index (χ1v) is 5.64. The molecular formula is C13H20N2O3. The lowest BCUT2D eigenvalue weighted by atomic mass is 9.97. The number of alkyl carbamates (subject to hydrolysis) is 1. The molecule has 0 rings (SSSR count). The van der Waals surface area contributed by atoms with Crippen molar-refractivity contribution in [3.8, 4) is 0 Å². The fourth-order valence-electron chi connectivity index (χ4n) is 1.10. The van der Waals surface area contributed by atoms with Crippen LogP contribution >= 0.6 is 0 Å². The van der Waals surface area contributed by atoms with Gasteiger partial charge in [0.1, 0.15) is 11.1 Å². The molecular weight excluding hydrogens is 232 g/mol. The standard InChI is InChI=1S/C13H20N2O3/c1-10(16)13(5,8-7-9-14-6)15-11(17)18-12(2,3)4/h7-8H,9H2,1-5H3,(H,15,17)/b8-7-/t13-/m0/s1. The van der Waals surface area contributed by atoms with Crippen LogP contribution in [-0.4, -0.2) is 29.6 Å². The highest BCUT2D eigenvalue weighted by molar-refractivity contribution is 5.91. The molecule has 0 heterocycles. The van der Waals surface area contributed by atoms with E-state index in [1.165, 1.54) is 13.0 Å². The van der Waals surface area contributed by atoms with Crippen molar-refractivity contribution < 1.29 is 14.3 Å². The van der Waals surface area contributed by atoms with Gasteiger partial charge in [-0.15, -0.1) is 0 Å². The molecule has 18 heavy (non-hydrogen) atoms. The second kappa shape index (κ2) is 6.20. The van der Waals surface area contributed by atoms with Gasteiger partial charge in [-0.25, -0.2) is 11.4 Å². The van der Waals surface area contributed by atoms with Gasteiger partial charge in [0.15, 0.2) is 5.78 Å². The third kappa shape index (κ3) is 6.04. The predicted octanol–water partition coefficient (Wildman–Crippen LogP) is 2.33. The lowest BCUT2D eigenvalue weighted by molar-refractivity contribution is -0.121. The summed E-state index contributed by atoms with van der Waals surface area (Å²) in [7, 11) is 0. The topological polar surface area (TPSA) is 59.8 Å². The van der Waals surface area contributed by atoms with Crippen molar-refractivity contribution in [2.75, 3.05) is 6.54 Å². The number of Topliss-reactive ketones (excluding diaryl/α,β-unsaturated/α-hetero) is 1. The fourth-order valence-corrected chi connectivity index (χ4v) is 1.10. The van der Waals surface area contributed by atoms with Gasteiger partial charge >= 0.3 is 6.09 Å². The van der Waals surface area contributed by atoms with Crippen molar-refractivity contribution in [2.24, 2.45) is 0 Å². The molecule has 0 spiro atoms. The maximum Gasteiger partial charge on any atom is 0.408 e. The minimum atomic E-state index is -1.15. The van der Waals surface area contributed by atoms with Gasteiger partial charge in [0.05, 0.1) is 0 Å². The number of ketones is 1. The minimum Gasteiger partial charge on any atom is -0.444 e. The summed E-state index contributed by atoms with van der Waals surface area (Å²) >= 11 is 0. The van der Waals surface area contributed by atoms with Crippen molar-refractivity contribution in [2.45, 2.75) is 45.8 Å². The quantitative estimate of drug-likeness (QED) is 0.617. The second-order valence-electron chi connectivity index (χ2n) is 5.13.